The fourth-order valence-electron chi connectivity index (χ4n) is 0.643. The lowest BCUT2D eigenvalue weighted by molar-refractivity contribution is 0.250. The molecule has 56 valence electrons. The van der Waals surface area contributed by atoms with Gasteiger partial charge in [-0.2, -0.15) is 0 Å². The number of aromatic nitrogens is 1. The maximum absolute atomic E-state index is 12.6. The van der Waals surface area contributed by atoms with Gasteiger partial charge in [0.05, 0.1) is 17.9 Å². The average molecular weight is 155 g/mol. The Kier molecular flexibility index (Phi) is 2.19. The molecule has 0 fully saturated rings. The third kappa shape index (κ3) is 1.74. The van der Waals surface area contributed by atoms with Crippen LogP contribution in [0.2, 0.25) is 0 Å². The van der Waals surface area contributed by atoms with E-state index in [4.69, 9.17) is 13.0 Å². The Balaban J connectivity index is 3.09. The summed E-state index contributed by atoms with van der Waals surface area (Å²) in [6.45, 7) is 0. The van der Waals surface area contributed by atoms with Crippen molar-refractivity contribution < 1.29 is 13.9 Å². The number of nitrogens with zero attached hydrogens (tertiary/aromatic N) is 1. The molecule has 1 rings (SSSR count). The molecule has 0 saturated carbocycles. The second-order valence-corrected chi connectivity index (χ2v) is 1.97. The van der Waals surface area contributed by atoms with Crippen LogP contribution in [0.25, 0.3) is 0 Å². The number of rotatable bonds is 1. The molecule has 0 aliphatic heterocycles. The molecule has 1 unspecified atom stereocenters. The lowest BCUT2D eigenvalue weighted by atomic mass is 9.96. The maximum Gasteiger partial charge on any atom is 0.149 e. The molecule has 1 N–H and O–H groups in total. The molecule has 11 heavy (non-hydrogen) atoms. The lowest BCUT2D eigenvalue weighted by Gasteiger charge is -2.03. The van der Waals surface area contributed by atoms with Gasteiger partial charge in [-0.15, -0.1) is 0 Å². The minimum atomic E-state index is -1.50. The zero-order chi connectivity index (χ0) is 8.43. The Hall–Kier alpha value is -0.965. The Bertz CT molecular complexity index is 267. The third-order valence-electron chi connectivity index (χ3n) is 1.12. The number of hydrogen-bond donors (Lipinski definition) is 1. The number of aliphatic hydroxyl groups is 1. The van der Waals surface area contributed by atoms with Gasteiger partial charge in [0.25, 0.3) is 0 Å². The standard InChI is InChI=1S/C6H4BF2NO/c7-6(11)5-4(9)1-3(8)2-10-5/h1-2,6,11H. The number of halogens is 2. The fraction of sp³-hybridized carbons (Fsp3) is 0.167. The van der Waals surface area contributed by atoms with Crippen molar-refractivity contribution in [2.24, 2.45) is 0 Å². The topological polar surface area (TPSA) is 33.1 Å². The van der Waals surface area contributed by atoms with Crippen molar-refractivity contribution in [3.8, 4) is 0 Å². The smallest absolute Gasteiger partial charge is 0.149 e. The van der Waals surface area contributed by atoms with Crippen molar-refractivity contribution in [2.75, 3.05) is 0 Å². The molecule has 0 bridgehead atoms. The van der Waals surface area contributed by atoms with E-state index in [1.807, 2.05) is 0 Å². The van der Waals surface area contributed by atoms with E-state index in [1.54, 1.807) is 0 Å². The van der Waals surface area contributed by atoms with Gasteiger partial charge in [-0.05, 0) is 0 Å². The summed E-state index contributed by atoms with van der Waals surface area (Å²) in [5.74, 6) is -1.74. The van der Waals surface area contributed by atoms with Crippen LogP contribution in [0.15, 0.2) is 12.3 Å². The van der Waals surface area contributed by atoms with Gasteiger partial charge in [-0.25, -0.2) is 8.78 Å². The van der Waals surface area contributed by atoms with E-state index in [2.05, 4.69) is 4.98 Å². The van der Waals surface area contributed by atoms with Crippen LogP contribution in [0.3, 0.4) is 0 Å². The van der Waals surface area contributed by atoms with E-state index < -0.39 is 17.6 Å². The molecule has 2 radical (unpaired) electrons. The highest BCUT2D eigenvalue weighted by molar-refractivity contribution is 6.10. The van der Waals surface area contributed by atoms with Crippen LogP contribution in [0.4, 0.5) is 8.78 Å². The van der Waals surface area contributed by atoms with E-state index in [0.717, 1.165) is 6.20 Å². The van der Waals surface area contributed by atoms with Crippen molar-refractivity contribution >= 4 is 7.85 Å². The summed E-state index contributed by atoms with van der Waals surface area (Å²) >= 11 is 0. The van der Waals surface area contributed by atoms with Crippen molar-refractivity contribution in [2.45, 2.75) is 6.00 Å². The second kappa shape index (κ2) is 2.96. The summed E-state index contributed by atoms with van der Waals surface area (Å²) < 4.78 is 24.7. The van der Waals surface area contributed by atoms with Crippen molar-refractivity contribution in [3.63, 3.8) is 0 Å². The first kappa shape index (κ1) is 8.13. The molecule has 2 nitrogen and oxygen atoms in total. The summed E-state index contributed by atoms with van der Waals surface area (Å²) in [6, 6.07) is -0.895. The van der Waals surface area contributed by atoms with Gasteiger partial charge in [0, 0.05) is 6.07 Å². The van der Waals surface area contributed by atoms with Crippen LogP contribution in [0.5, 0.6) is 0 Å². The molecule has 0 spiro atoms. The summed E-state index contributed by atoms with van der Waals surface area (Å²) in [6.07, 6.45) is 0.786. The molecular formula is C6H4BF2NO. The van der Waals surface area contributed by atoms with E-state index in [0.29, 0.717) is 6.07 Å². The zero-order valence-corrected chi connectivity index (χ0v) is 5.46. The van der Waals surface area contributed by atoms with E-state index in [9.17, 15) is 8.78 Å². The minimum absolute atomic E-state index is 0.355. The van der Waals surface area contributed by atoms with Crippen LogP contribution >= 0.6 is 0 Å². The summed E-state index contributed by atoms with van der Waals surface area (Å²) in [5.41, 5.74) is -0.355. The first-order valence-electron chi connectivity index (χ1n) is 2.86. The van der Waals surface area contributed by atoms with Gasteiger partial charge in [-0.3, -0.25) is 4.98 Å². The van der Waals surface area contributed by atoms with Crippen LogP contribution in [0, 0.1) is 11.6 Å². The van der Waals surface area contributed by atoms with Gasteiger partial charge in [-0.1, -0.05) is 0 Å². The molecule has 0 aliphatic rings. The normalized spacial score (nSPS) is 13.0. The molecule has 0 amide bonds. The molecule has 1 aromatic rings. The van der Waals surface area contributed by atoms with Crippen LogP contribution < -0.4 is 0 Å². The van der Waals surface area contributed by atoms with Gasteiger partial charge >= 0.3 is 0 Å². The highest BCUT2D eigenvalue weighted by atomic mass is 19.1. The highest BCUT2D eigenvalue weighted by Gasteiger charge is 2.09. The van der Waals surface area contributed by atoms with E-state index in [-0.39, 0.29) is 5.69 Å². The molecule has 5 heteroatoms. The molecule has 0 saturated heterocycles. The number of pyridine rings is 1. The first-order chi connectivity index (χ1) is 5.11. The van der Waals surface area contributed by atoms with Gasteiger partial charge in [0.2, 0.25) is 0 Å². The summed E-state index contributed by atoms with van der Waals surface area (Å²) in [4.78, 5) is 3.25. The Morgan fingerprint density at radius 1 is 1.55 bits per heavy atom. The molecule has 0 aromatic carbocycles. The van der Waals surface area contributed by atoms with Crippen molar-refractivity contribution in [1.82, 2.24) is 4.98 Å². The van der Waals surface area contributed by atoms with Gasteiger partial charge in [0.1, 0.15) is 19.5 Å². The average Bonchev–Trinajstić information content (AvgIpc) is 1.85. The van der Waals surface area contributed by atoms with Gasteiger partial charge in [0.15, 0.2) is 0 Å². The largest absolute Gasteiger partial charge is 0.397 e. The third-order valence-corrected chi connectivity index (χ3v) is 1.12. The molecule has 1 atom stereocenters. The Labute approximate surface area is 63.3 Å². The first-order valence-corrected chi connectivity index (χ1v) is 2.86. The van der Waals surface area contributed by atoms with Crippen molar-refractivity contribution in [1.29, 1.82) is 0 Å². The number of hydrogen-bond acceptors (Lipinski definition) is 2. The molecular weight excluding hydrogens is 151 g/mol. The maximum atomic E-state index is 12.6. The van der Waals surface area contributed by atoms with Crippen molar-refractivity contribution in [3.05, 3.63) is 29.6 Å². The van der Waals surface area contributed by atoms with E-state index >= 15 is 0 Å². The SMILES string of the molecule is [B]C(O)c1ncc(F)cc1F. The van der Waals surface area contributed by atoms with Crippen LogP contribution in [-0.2, 0) is 0 Å². The Morgan fingerprint density at radius 2 is 2.18 bits per heavy atom. The van der Waals surface area contributed by atoms with E-state index in [1.165, 1.54) is 0 Å². The van der Waals surface area contributed by atoms with Crippen LogP contribution in [-0.4, -0.2) is 17.9 Å². The summed E-state index contributed by atoms with van der Waals surface area (Å²) in [5, 5.41) is 8.65. The quantitative estimate of drug-likeness (QED) is 0.599. The predicted molar refractivity (Wildman–Crippen MR) is 34.9 cm³/mol. The Morgan fingerprint density at radius 3 is 2.64 bits per heavy atom. The van der Waals surface area contributed by atoms with Gasteiger partial charge < -0.3 is 5.11 Å². The lowest BCUT2D eigenvalue weighted by Crippen LogP contribution is -2.03. The minimum Gasteiger partial charge on any atom is -0.397 e. The predicted octanol–water partition coefficient (Wildman–Crippen LogP) is 0.519. The van der Waals surface area contributed by atoms with Crippen LogP contribution in [0.1, 0.15) is 11.7 Å². The zero-order valence-electron chi connectivity index (χ0n) is 5.46. The highest BCUT2D eigenvalue weighted by Crippen LogP contribution is 2.11. The fourth-order valence-corrected chi connectivity index (χ4v) is 0.643. The second-order valence-electron chi connectivity index (χ2n) is 1.97. The monoisotopic (exact) mass is 155 g/mol. The molecule has 0 aliphatic carbocycles. The molecule has 1 aromatic heterocycles. The number of aliphatic hydroxyl groups excluding tert-OH is 1. The summed E-state index contributed by atoms with van der Waals surface area (Å²) in [7, 11) is 4.90. The molecule has 1 heterocycles.